The molecule has 10 nitrogen and oxygen atoms in total. The summed E-state index contributed by atoms with van der Waals surface area (Å²) in [6.07, 6.45) is -3.13. The van der Waals surface area contributed by atoms with Crippen LogP contribution in [0.15, 0.2) is 18.5 Å². The van der Waals surface area contributed by atoms with Crippen LogP contribution < -0.4 is 5.73 Å². The molecule has 1 saturated heterocycles. The molecule has 26 heavy (non-hydrogen) atoms. The zero-order valence-electron chi connectivity index (χ0n) is 15.4. The Balaban J connectivity index is 1.73. The predicted octanol–water partition coefficient (Wildman–Crippen LogP) is -0.896. The van der Waals surface area contributed by atoms with E-state index < -0.39 is 36.4 Å². The number of aromatic nitrogens is 3. The van der Waals surface area contributed by atoms with Gasteiger partial charge in [-0.3, -0.25) is 4.79 Å². The molecule has 4 rings (SSSR count). The number of aliphatic hydroxyl groups excluding tert-OH is 2. The van der Waals surface area contributed by atoms with Gasteiger partial charge in [0.1, 0.15) is 42.8 Å². The largest absolute Gasteiger partial charge is 0.463 e. The van der Waals surface area contributed by atoms with Crippen molar-refractivity contribution >= 4 is 17.3 Å². The van der Waals surface area contributed by atoms with E-state index in [0.29, 0.717) is 18.4 Å². The fourth-order valence-corrected chi connectivity index (χ4v) is 2.95. The number of esters is 1. The highest BCUT2D eigenvalue weighted by Crippen LogP contribution is 2.40. The van der Waals surface area contributed by atoms with Crippen molar-refractivity contribution in [2.24, 2.45) is 5.92 Å². The standard InChI is InChI=1S/C16H17N5O5/c17-6-16(11-4-3-9-14(18)19-7-20-21(9)11)13(23)12(22)10(26-16)5-25-15(24)8-1-2-8/h3-4,7-8,10,12-13,22-23H,1-2,5H2,(H2,18,19,20)/t10-,12-,13-,16+/m1/s1/i5D2. The van der Waals surface area contributed by atoms with Crippen molar-refractivity contribution < 1.29 is 27.2 Å². The molecular formula is C16H17N5O5. The van der Waals surface area contributed by atoms with Gasteiger partial charge in [0, 0.05) is 0 Å². The predicted molar refractivity (Wildman–Crippen MR) is 85.3 cm³/mol. The van der Waals surface area contributed by atoms with Crippen LogP contribution in [0.25, 0.3) is 5.52 Å². The molecular weight excluding hydrogens is 342 g/mol. The number of hydrogen-bond donors (Lipinski definition) is 3. The van der Waals surface area contributed by atoms with Crippen LogP contribution in [0.3, 0.4) is 0 Å². The van der Waals surface area contributed by atoms with Crippen LogP contribution in [-0.4, -0.2) is 55.7 Å². The number of carbonyl (C=O) groups is 1. The first kappa shape index (κ1) is 14.4. The molecule has 1 saturated carbocycles. The van der Waals surface area contributed by atoms with Gasteiger partial charge in [-0.2, -0.15) is 10.4 Å². The summed E-state index contributed by atoms with van der Waals surface area (Å²) < 4.78 is 27.7. The molecule has 0 spiro atoms. The van der Waals surface area contributed by atoms with Gasteiger partial charge in [0.2, 0.25) is 5.60 Å². The monoisotopic (exact) mass is 361 g/mol. The van der Waals surface area contributed by atoms with Crippen LogP contribution >= 0.6 is 0 Å². The van der Waals surface area contributed by atoms with Gasteiger partial charge in [-0.25, -0.2) is 9.50 Å². The second-order valence-electron chi connectivity index (χ2n) is 6.30. The Morgan fingerprint density at radius 2 is 2.35 bits per heavy atom. The van der Waals surface area contributed by atoms with E-state index in [1.165, 1.54) is 16.6 Å². The summed E-state index contributed by atoms with van der Waals surface area (Å²) >= 11 is 0. The molecule has 0 unspecified atom stereocenters. The van der Waals surface area contributed by atoms with Crippen molar-refractivity contribution in [1.29, 1.82) is 5.26 Å². The van der Waals surface area contributed by atoms with Crippen molar-refractivity contribution in [3.05, 3.63) is 24.2 Å². The number of nitriles is 1. The third-order valence-electron chi connectivity index (χ3n) is 4.58. The van der Waals surface area contributed by atoms with Crippen molar-refractivity contribution in [1.82, 2.24) is 14.6 Å². The van der Waals surface area contributed by atoms with Gasteiger partial charge in [0.05, 0.1) is 14.4 Å². The van der Waals surface area contributed by atoms with Gasteiger partial charge in [-0.1, -0.05) is 0 Å². The topological polar surface area (TPSA) is 156 Å². The Morgan fingerprint density at radius 3 is 3.04 bits per heavy atom. The average molecular weight is 361 g/mol. The Bertz CT molecular complexity index is 987. The number of ether oxygens (including phenoxy) is 2. The average Bonchev–Trinajstić information content (AvgIpc) is 3.36. The van der Waals surface area contributed by atoms with Gasteiger partial charge >= 0.3 is 5.97 Å². The summed E-state index contributed by atoms with van der Waals surface area (Å²) in [5.74, 6) is -1.01. The molecule has 4 atom stereocenters. The van der Waals surface area contributed by atoms with Gasteiger partial charge in [-0.15, -0.1) is 0 Å². The fraction of sp³-hybridized carbons (Fsp3) is 0.500. The lowest BCUT2D eigenvalue weighted by Crippen LogP contribution is -2.41. The summed E-state index contributed by atoms with van der Waals surface area (Å²) in [5, 5.41) is 34.8. The fourth-order valence-electron chi connectivity index (χ4n) is 2.95. The molecule has 2 aliphatic rings. The molecule has 1 aliphatic heterocycles. The number of nitrogens with two attached hydrogens (primary N) is 1. The minimum Gasteiger partial charge on any atom is -0.463 e. The van der Waals surface area contributed by atoms with Crippen LogP contribution in [0.5, 0.6) is 0 Å². The summed E-state index contributed by atoms with van der Waals surface area (Å²) in [4.78, 5) is 15.7. The lowest BCUT2D eigenvalue weighted by atomic mass is 9.92. The van der Waals surface area contributed by atoms with Crippen molar-refractivity contribution in [2.45, 2.75) is 36.8 Å². The summed E-state index contributed by atoms with van der Waals surface area (Å²) in [7, 11) is 0. The molecule has 10 heteroatoms. The summed E-state index contributed by atoms with van der Waals surface area (Å²) in [6.45, 7) is -2.76. The second kappa shape index (κ2) is 5.91. The van der Waals surface area contributed by atoms with E-state index in [-0.39, 0.29) is 17.4 Å². The number of fused-ring (bicyclic) bond motifs is 1. The summed E-state index contributed by atoms with van der Waals surface area (Å²) in [6, 6.07) is 4.71. The highest BCUT2D eigenvalue weighted by atomic mass is 16.6. The van der Waals surface area contributed by atoms with Crippen LogP contribution in [0, 0.1) is 17.2 Å². The van der Waals surface area contributed by atoms with E-state index >= 15 is 0 Å². The lowest BCUT2D eigenvalue weighted by Gasteiger charge is -2.24. The Labute approximate surface area is 150 Å². The van der Waals surface area contributed by atoms with Crippen molar-refractivity contribution in [3.63, 3.8) is 0 Å². The number of rotatable bonds is 4. The van der Waals surface area contributed by atoms with Crippen LogP contribution in [0.4, 0.5) is 5.82 Å². The SMILES string of the molecule is [2H]C([2H])(OC(=O)C1CC1)[C@H]1O[C@@](C#N)(c2ccc3c(N)ncnn23)[C@H](O)[C@@H]1O. The van der Waals surface area contributed by atoms with Gasteiger partial charge in [-0.05, 0) is 25.0 Å². The maximum atomic E-state index is 11.9. The molecule has 2 fully saturated rings. The van der Waals surface area contributed by atoms with Crippen LogP contribution in [-0.2, 0) is 19.9 Å². The first-order valence-corrected chi connectivity index (χ1v) is 7.98. The second-order valence-corrected chi connectivity index (χ2v) is 6.30. The van der Waals surface area contributed by atoms with Crippen molar-refractivity contribution in [3.8, 4) is 6.07 Å². The molecule has 1 aliphatic carbocycles. The van der Waals surface area contributed by atoms with Gasteiger partial charge in [0.25, 0.3) is 0 Å². The van der Waals surface area contributed by atoms with Crippen molar-refractivity contribution in [2.75, 3.05) is 12.3 Å². The van der Waals surface area contributed by atoms with E-state index in [1.807, 2.05) is 0 Å². The van der Waals surface area contributed by atoms with E-state index in [2.05, 4.69) is 10.1 Å². The molecule has 3 heterocycles. The number of hydrogen-bond acceptors (Lipinski definition) is 9. The normalized spacial score (nSPS) is 32.7. The Morgan fingerprint density at radius 1 is 1.58 bits per heavy atom. The maximum Gasteiger partial charge on any atom is 0.309 e. The molecule has 0 radical (unpaired) electrons. The van der Waals surface area contributed by atoms with E-state index in [1.54, 1.807) is 6.07 Å². The van der Waals surface area contributed by atoms with Gasteiger partial charge < -0.3 is 25.4 Å². The number of carbonyl (C=O) groups excluding carboxylic acids is 1. The number of aliphatic hydroxyl groups is 2. The highest BCUT2D eigenvalue weighted by molar-refractivity contribution is 5.74. The number of nitrogen functional groups attached to an aromatic ring is 1. The first-order chi connectivity index (χ1) is 13.2. The quantitative estimate of drug-likeness (QED) is 0.587. The van der Waals surface area contributed by atoms with Gasteiger partial charge in [0.15, 0.2) is 5.82 Å². The highest BCUT2D eigenvalue weighted by Gasteiger charge is 2.58. The number of nitrogens with zero attached hydrogens (tertiary/aromatic N) is 4. The molecule has 4 N–H and O–H groups in total. The third kappa shape index (κ3) is 2.40. The minimum atomic E-state index is -2.76. The smallest absolute Gasteiger partial charge is 0.309 e. The molecule has 0 amide bonds. The lowest BCUT2D eigenvalue weighted by molar-refractivity contribution is -0.152. The van der Waals surface area contributed by atoms with Crippen LogP contribution in [0.1, 0.15) is 21.3 Å². The Kier molecular flexibility index (Phi) is 3.28. The maximum absolute atomic E-state index is 11.9. The number of anilines is 1. The van der Waals surface area contributed by atoms with E-state index in [0.717, 1.165) is 6.33 Å². The van der Waals surface area contributed by atoms with E-state index in [9.17, 15) is 20.3 Å². The summed E-state index contributed by atoms with van der Waals surface area (Å²) in [5.41, 5.74) is 3.97. The van der Waals surface area contributed by atoms with Crippen LogP contribution in [0.2, 0.25) is 0 Å². The molecule has 0 bridgehead atoms. The first-order valence-electron chi connectivity index (χ1n) is 8.98. The Hall–Kier alpha value is -2.74. The molecule has 2 aromatic heterocycles. The molecule has 2 aromatic rings. The van der Waals surface area contributed by atoms with E-state index in [4.69, 9.17) is 17.9 Å². The molecule has 0 aromatic carbocycles. The molecule has 136 valence electrons. The zero-order chi connectivity index (χ0) is 20.3. The minimum absolute atomic E-state index is 0.0254. The third-order valence-corrected chi connectivity index (χ3v) is 4.58. The zero-order valence-corrected chi connectivity index (χ0v) is 13.4.